The van der Waals surface area contributed by atoms with Crippen molar-refractivity contribution in [2.75, 3.05) is 25.0 Å². The monoisotopic (exact) mass is 223 g/mol. The minimum atomic E-state index is 0.750. The van der Waals surface area contributed by atoms with E-state index in [4.69, 9.17) is 4.42 Å². The molecular weight excluding hydrogens is 202 g/mol. The smallest absolute Gasteiger partial charge is 0.297 e. The molecule has 1 saturated carbocycles. The molecule has 0 amide bonds. The lowest BCUT2D eigenvalue weighted by molar-refractivity contribution is 0.316. The normalized spacial score (nSPS) is 16.1. The molecule has 16 heavy (non-hydrogen) atoms. The van der Waals surface area contributed by atoms with Gasteiger partial charge in [-0.1, -0.05) is 13.3 Å². The van der Waals surface area contributed by atoms with Gasteiger partial charge in [0.1, 0.15) is 6.26 Å². The van der Waals surface area contributed by atoms with Gasteiger partial charge < -0.3 is 14.6 Å². The zero-order chi connectivity index (χ0) is 11.4. The molecule has 1 fully saturated rings. The van der Waals surface area contributed by atoms with Crippen LogP contribution in [0.2, 0.25) is 0 Å². The van der Waals surface area contributed by atoms with Gasteiger partial charge in [-0.15, -0.1) is 0 Å². The minimum absolute atomic E-state index is 0.750. The lowest BCUT2D eigenvalue weighted by Gasteiger charge is -2.29. The molecule has 1 aliphatic carbocycles. The molecule has 0 aromatic carbocycles. The number of rotatable bonds is 6. The molecule has 0 radical (unpaired) electrons. The fraction of sp³-hybridized carbons (Fsp3) is 0.750. The van der Waals surface area contributed by atoms with Crippen LogP contribution in [0.1, 0.15) is 31.9 Å². The van der Waals surface area contributed by atoms with E-state index in [-0.39, 0.29) is 0 Å². The summed E-state index contributed by atoms with van der Waals surface area (Å²) in [7, 11) is 2.06. The molecule has 0 saturated heterocycles. The van der Waals surface area contributed by atoms with Crippen molar-refractivity contribution in [2.24, 2.45) is 5.92 Å². The molecule has 0 bridgehead atoms. The molecular formula is C12H21N3O. The molecule has 1 heterocycles. The van der Waals surface area contributed by atoms with E-state index >= 15 is 0 Å². The first-order valence-electron chi connectivity index (χ1n) is 6.16. The van der Waals surface area contributed by atoms with Crippen molar-refractivity contribution in [1.82, 2.24) is 10.3 Å². The molecule has 1 aliphatic rings. The summed E-state index contributed by atoms with van der Waals surface area (Å²) in [5, 5.41) is 3.24. The Kier molecular flexibility index (Phi) is 3.83. The standard InChI is InChI=1S/C12H21N3O/c1-3-13-7-11-9-16-12(14-11)15(2)8-10-5-4-6-10/h9-10,13H,3-8H2,1-2H3. The number of hydrogen-bond acceptors (Lipinski definition) is 4. The highest BCUT2D eigenvalue weighted by atomic mass is 16.4. The van der Waals surface area contributed by atoms with Crippen LogP contribution in [0, 0.1) is 5.92 Å². The van der Waals surface area contributed by atoms with Gasteiger partial charge in [-0.25, -0.2) is 0 Å². The van der Waals surface area contributed by atoms with E-state index in [1.54, 1.807) is 6.26 Å². The van der Waals surface area contributed by atoms with Crippen molar-refractivity contribution in [3.05, 3.63) is 12.0 Å². The highest BCUT2D eigenvalue weighted by Crippen LogP contribution is 2.28. The van der Waals surface area contributed by atoms with Crippen molar-refractivity contribution in [3.63, 3.8) is 0 Å². The van der Waals surface area contributed by atoms with Crippen molar-refractivity contribution in [3.8, 4) is 0 Å². The predicted octanol–water partition coefficient (Wildman–Crippen LogP) is 2.02. The molecule has 0 atom stereocenters. The fourth-order valence-electron chi connectivity index (χ4n) is 1.95. The van der Waals surface area contributed by atoms with Gasteiger partial charge in [0.25, 0.3) is 6.01 Å². The van der Waals surface area contributed by atoms with Crippen LogP contribution in [0.5, 0.6) is 0 Å². The zero-order valence-electron chi connectivity index (χ0n) is 10.2. The Morgan fingerprint density at radius 1 is 1.56 bits per heavy atom. The molecule has 90 valence electrons. The van der Waals surface area contributed by atoms with Crippen LogP contribution in [0.4, 0.5) is 6.01 Å². The highest BCUT2D eigenvalue weighted by Gasteiger charge is 2.20. The van der Waals surface area contributed by atoms with Gasteiger partial charge in [-0.2, -0.15) is 4.98 Å². The van der Waals surface area contributed by atoms with Gasteiger partial charge in [0, 0.05) is 20.1 Å². The first-order valence-corrected chi connectivity index (χ1v) is 6.16. The zero-order valence-corrected chi connectivity index (χ0v) is 10.2. The topological polar surface area (TPSA) is 41.3 Å². The van der Waals surface area contributed by atoms with E-state index in [9.17, 15) is 0 Å². The number of nitrogens with one attached hydrogen (secondary N) is 1. The van der Waals surface area contributed by atoms with E-state index in [1.165, 1.54) is 19.3 Å². The van der Waals surface area contributed by atoms with Crippen LogP contribution >= 0.6 is 0 Å². The maximum Gasteiger partial charge on any atom is 0.297 e. The maximum atomic E-state index is 5.47. The van der Waals surface area contributed by atoms with E-state index in [2.05, 4.69) is 29.2 Å². The molecule has 1 N–H and O–H groups in total. The van der Waals surface area contributed by atoms with Crippen LogP contribution in [0.15, 0.2) is 10.7 Å². The predicted molar refractivity (Wildman–Crippen MR) is 64.5 cm³/mol. The largest absolute Gasteiger partial charge is 0.432 e. The van der Waals surface area contributed by atoms with Gasteiger partial charge in [-0.05, 0) is 25.3 Å². The minimum Gasteiger partial charge on any atom is -0.432 e. The second kappa shape index (κ2) is 5.34. The third-order valence-electron chi connectivity index (χ3n) is 3.18. The molecule has 1 aromatic heterocycles. The van der Waals surface area contributed by atoms with Gasteiger partial charge in [-0.3, -0.25) is 0 Å². The number of anilines is 1. The maximum absolute atomic E-state index is 5.47. The molecule has 2 rings (SSSR count). The van der Waals surface area contributed by atoms with E-state index in [0.717, 1.165) is 37.3 Å². The van der Waals surface area contributed by atoms with Crippen molar-refractivity contribution in [2.45, 2.75) is 32.7 Å². The third kappa shape index (κ3) is 2.76. The van der Waals surface area contributed by atoms with Gasteiger partial charge in [0.15, 0.2) is 0 Å². The quantitative estimate of drug-likeness (QED) is 0.801. The molecule has 1 aromatic rings. The average Bonchev–Trinajstić information content (AvgIpc) is 2.69. The molecule has 4 nitrogen and oxygen atoms in total. The number of hydrogen-bond donors (Lipinski definition) is 1. The number of nitrogens with zero attached hydrogens (tertiary/aromatic N) is 2. The summed E-state index contributed by atoms with van der Waals surface area (Å²) in [4.78, 5) is 6.58. The summed E-state index contributed by atoms with van der Waals surface area (Å²) in [6, 6.07) is 0.750. The lowest BCUT2D eigenvalue weighted by atomic mass is 9.85. The Bertz CT molecular complexity index is 320. The highest BCUT2D eigenvalue weighted by molar-refractivity contribution is 5.25. The first-order chi connectivity index (χ1) is 7.79. The van der Waals surface area contributed by atoms with Crippen LogP contribution in [-0.4, -0.2) is 25.1 Å². The Morgan fingerprint density at radius 3 is 3.00 bits per heavy atom. The number of aromatic nitrogens is 1. The Balaban J connectivity index is 1.84. The average molecular weight is 223 g/mol. The van der Waals surface area contributed by atoms with Crippen LogP contribution in [-0.2, 0) is 6.54 Å². The summed E-state index contributed by atoms with van der Waals surface area (Å²) in [5.41, 5.74) is 0.984. The van der Waals surface area contributed by atoms with E-state index in [0.29, 0.717) is 0 Å². The van der Waals surface area contributed by atoms with Gasteiger partial charge in [0.2, 0.25) is 0 Å². The van der Waals surface area contributed by atoms with Gasteiger partial charge >= 0.3 is 0 Å². The molecule has 0 spiro atoms. The van der Waals surface area contributed by atoms with Crippen LogP contribution < -0.4 is 10.2 Å². The molecule has 0 aliphatic heterocycles. The SMILES string of the molecule is CCNCc1coc(N(C)CC2CCC2)n1. The van der Waals surface area contributed by atoms with Crippen molar-refractivity contribution >= 4 is 6.01 Å². The Hall–Kier alpha value is -1.03. The summed E-state index contributed by atoms with van der Waals surface area (Å²) < 4.78 is 5.47. The van der Waals surface area contributed by atoms with Crippen molar-refractivity contribution in [1.29, 1.82) is 0 Å². The Morgan fingerprint density at radius 2 is 2.38 bits per heavy atom. The molecule has 4 heteroatoms. The first kappa shape index (κ1) is 11.5. The van der Waals surface area contributed by atoms with Crippen LogP contribution in [0.3, 0.4) is 0 Å². The second-order valence-corrected chi connectivity index (χ2v) is 4.58. The van der Waals surface area contributed by atoms with Crippen LogP contribution in [0.25, 0.3) is 0 Å². The summed E-state index contributed by atoms with van der Waals surface area (Å²) in [6.45, 7) is 4.91. The summed E-state index contributed by atoms with van der Waals surface area (Å²) in [6.07, 6.45) is 5.84. The number of oxazole rings is 1. The molecule has 0 unspecified atom stereocenters. The summed E-state index contributed by atoms with van der Waals surface area (Å²) >= 11 is 0. The fourth-order valence-corrected chi connectivity index (χ4v) is 1.95. The second-order valence-electron chi connectivity index (χ2n) is 4.58. The van der Waals surface area contributed by atoms with Crippen molar-refractivity contribution < 1.29 is 4.42 Å². The van der Waals surface area contributed by atoms with E-state index in [1.807, 2.05) is 0 Å². The third-order valence-corrected chi connectivity index (χ3v) is 3.18. The van der Waals surface area contributed by atoms with E-state index < -0.39 is 0 Å². The van der Waals surface area contributed by atoms with Gasteiger partial charge in [0.05, 0.1) is 5.69 Å². The lowest BCUT2D eigenvalue weighted by Crippen LogP contribution is -2.29. The Labute approximate surface area is 97.0 Å². The summed E-state index contributed by atoms with van der Waals surface area (Å²) in [5.74, 6) is 0.842.